The van der Waals surface area contributed by atoms with Crippen LogP contribution in [0.3, 0.4) is 0 Å². The van der Waals surface area contributed by atoms with Crippen molar-refractivity contribution in [3.05, 3.63) is 106 Å². The Bertz CT molecular complexity index is 1890. The van der Waals surface area contributed by atoms with Crippen molar-refractivity contribution < 1.29 is 44.2 Å². The Morgan fingerprint density at radius 3 is 2.00 bits per heavy atom. The van der Waals surface area contributed by atoms with Crippen molar-refractivity contribution in [3.8, 4) is 22.3 Å². The van der Waals surface area contributed by atoms with Gasteiger partial charge in [0.25, 0.3) is 0 Å². The van der Waals surface area contributed by atoms with Gasteiger partial charge in [-0.05, 0) is 0 Å². The first-order valence-corrected chi connectivity index (χ1v) is 25.9. The third-order valence-corrected chi connectivity index (χ3v) is 23.5. The molecule has 10 heteroatoms. The predicted molar refractivity (Wildman–Crippen MR) is 182 cm³/mol. The standard InChI is InChI=1S/C25H25F6.C12H9Si.2ClH.Zr/c1-14(2)8-15-9-16-6-7-21(23(3,4)5)22(20(16)10-15)17-11-18(24(26,27)28)13-19(12-17)25(29,30)31;1-3-7-11-9(5-1)10-6-2-4-8-12(10)13-11;;;/h6-7,9-14H,8H2,1-5H3;1-7H,13H2;2*1H;/q;;;;+2/p-2. The van der Waals surface area contributed by atoms with Crippen molar-refractivity contribution >= 4 is 46.3 Å². The summed E-state index contributed by atoms with van der Waals surface area (Å²) in [4.78, 5) is 0. The third kappa shape index (κ3) is 6.37. The molecule has 0 spiro atoms. The molecule has 1 aliphatic heterocycles. The van der Waals surface area contributed by atoms with Crippen LogP contribution in [0.15, 0.2) is 78.4 Å². The number of rotatable bonds is 5. The van der Waals surface area contributed by atoms with Gasteiger partial charge in [-0.1, -0.05) is 0 Å². The molecule has 2 aliphatic rings. The van der Waals surface area contributed by atoms with Gasteiger partial charge in [-0.2, -0.15) is 0 Å². The summed E-state index contributed by atoms with van der Waals surface area (Å²) in [7, 11) is 14.6. The van der Waals surface area contributed by atoms with Gasteiger partial charge in [0.15, 0.2) is 0 Å². The van der Waals surface area contributed by atoms with E-state index in [4.69, 9.17) is 17.0 Å². The summed E-state index contributed by atoms with van der Waals surface area (Å²) in [6, 6.07) is 20.2. The predicted octanol–water partition coefficient (Wildman–Crippen LogP) is 10.1. The Balaban J connectivity index is 1.62. The van der Waals surface area contributed by atoms with E-state index in [9.17, 15) is 26.3 Å². The number of fused-ring (bicyclic) bond motifs is 4. The first-order chi connectivity index (χ1) is 21.8. The van der Waals surface area contributed by atoms with Crippen molar-refractivity contribution in [2.75, 3.05) is 0 Å². The zero-order chi connectivity index (χ0) is 34.3. The summed E-state index contributed by atoms with van der Waals surface area (Å²) in [5.74, 6) is 0.213. The summed E-state index contributed by atoms with van der Waals surface area (Å²) < 4.78 is 85.1. The van der Waals surface area contributed by atoms with E-state index in [-0.39, 0.29) is 21.2 Å². The fourth-order valence-corrected chi connectivity index (χ4v) is 24.0. The molecule has 1 aliphatic carbocycles. The first kappa shape index (κ1) is 34.7. The van der Waals surface area contributed by atoms with Gasteiger partial charge in [-0.15, -0.1) is 0 Å². The van der Waals surface area contributed by atoms with Crippen LogP contribution >= 0.6 is 17.0 Å². The fraction of sp³-hybridized carbons (Fsp3) is 0.297. The number of benzene rings is 4. The van der Waals surface area contributed by atoms with E-state index in [0.717, 1.165) is 32.1 Å². The SMILES string of the molecule is CC(C)CC1=Cc2c(ccc(C(C)(C)C)c2-c2cc(C(F)(F)F)cc(C(F)(F)F)c2)[CH]1[Zr]([Cl])([Cl])[c]1cccc2c1[SiH2]c1ccccc1-2. The molecular weight excluding hydrogens is 749 g/mol. The van der Waals surface area contributed by atoms with Gasteiger partial charge in [-0.3, -0.25) is 0 Å². The van der Waals surface area contributed by atoms with E-state index < -0.39 is 56.3 Å². The second-order valence-corrected chi connectivity index (χ2v) is 29.9. The number of allylic oxidation sites excluding steroid dienone is 1. The van der Waals surface area contributed by atoms with Gasteiger partial charge in [0, 0.05) is 0 Å². The van der Waals surface area contributed by atoms with Crippen LogP contribution in [0.4, 0.5) is 26.3 Å². The van der Waals surface area contributed by atoms with E-state index in [1.807, 2.05) is 63.2 Å². The van der Waals surface area contributed by atoms with Crippen LogP contribution in [0, 0.1) is 5.92 Å². The molecule has 0 amide bonds. The van der Waals surface area contributed by atoms with Gasteiger partial charge in [0.1, 0.15) is 0 Å². The summed E-state index contributed by atoms with van der Waals surface area (Å²) in [6.07, 6.45) is -7.33. The summed E-state index contributed by atoms with van der Waals surface area (Å²) in [5.41, 5.74) is 2.37. The molecule has 246 valence electrons. The number of alkyl halides is 6. The van der Waals surface area contributed by atoms with Gasteiger partial charge < -0.3 is 0 Å². The zero-order valence-electron chi connectivity index (χ0n) is 26.6. The molecule has 1 atom stereocenters. The number of halogens is 8. The summed E-state index contributed by atoms with van der Waals surface area (Å²) in [6.45, 7) is 9.88. The summed E-state index contributed by atoms with van der Waals surface area (Å²) in [5, 5.41) is 2.57. The van der Waals surface area contributed by atoms with Crippen LogP contribution < -0.4 is 13.6 Å². The molecule has 6 rings (SSSR count). The molecule has 0 fully saturated rings. The molecule has 0 bridgehead atoms. The van der Waals surface area contributed by atoms with Crippen molar-refractivity contribution in [2.24, 2.45) is 5.92 Å². The van der Waals surface area contributed by atoms with Crippen molar-refractivity contribution in [3.63, 3.8) is 0 Å². The van der Waals surface area contributed by atoms with E-state index >= 15 is 0 Å². The Morgan fingerprint density at radius 2 is 1.40 bits per heavy atom. The molecule has 0 N–H and O–H groups in total. The second-order valence-electron chi connectivity index (χ2n) is 14.1. The minimum atomic E-state index is -4.97. The molecule has 0 saturated carbocycles. The number of hydrogen-bond donors (Lipinski definition) is 0. The van der Waals surface area contributed by atoms with E-state index in [1.165, 1.54) is 15.9 Å². The molecule has 0 saturated heterocycles. The average Bonchev–Trinajstić information content (AvgIpc) is 3.52. The van der Waals surface area contributed by atoms with E-state index in [0.29, 0.717) is 23.1 Å². The van der Waals surface area contributed by atoms with Crippen LogP contribution in [-0.2, 0) is 35.6 Å². The van der Waals surface area contributed by atoms with Crippen molar-refractivity contribution in [1.29, 1.82) is 0 Å². The van der Waals surface area contributed by atoms with Gasteiger partial charge in [-0.25, -0.2) is 0 Å². The molecule has 0 nitrogen and oxygen atoms in total. The molecule has 47 heavy (non-hydrogen) atoms. The fourth-order valence-electron chi connectivity index (χ4n) is 7.25. The average molecular weight is 783 g/mol. The van der Waals surface area contributed by atoms with Crippen molar-refractivity contribution in [2.45, 2.75) is 62.4 Å². The molecule has 0 radical (unpaired) electrons. The van der Waals surface area contributed by atoms with Gasteiger partial charge in [0.2, 0.25) is 0 Å². The minimum absolute atomic E-state index is 0.122. The molecule has 1 unspecified atom stereocenters. The Labute approximate surface area is 285 Å². The first-order valence-electron chi connectivity index (χ1n) is 15.5. The summed E-state index contributed by atoms with van der Waals surface area (Å²) >= 11 is -4.46. The third-order valence-electron chi connectivity index (χ3n) is 9.19. The van der Waals surface area contributed by atoms with Crippen molar-refractivity contribution in [1.82, 2.24) is 0 Å². The molecule has 1 heterocycles. The van der Waals surface area contributed by atoms with Crippen LogP contribution in [0.1, 0.15) is 72.5 Å². The van der Waals surface area contributed by atoms with Crippen LogP contribution in [0.25, 0.3) is 28.3 Å². The Kier molecular flexibility index (Phi) is 8.89. The molecular formula is C37H34Cl2F6SiZr. The second kappa shape index (κ2) is 12.0. The van der Waals surface area contributed by atoms with E-state index in [1.54, 1.807) is 0 Å². The van der Waals surface area contributed by atoms with Crippen LogP contribution in [-0.4, -0.2) is 9.52 Å². The quantitative estimate of drug-likeness (QED) is 0.123. The molecule has 4 aromatic rings. The molecule has 0 aromatic heterocycles. The maximum absolute atomic E-state index is 14.1. The van der Waals surface area contributed by atoms with Gasteiger partial charge >= 0.3 is 287 Å². The van der Waals surface area contributed by atoms with E-state index in [2.05, 4.69) is 32.0 Å². The normalized spacial score (nSPS) is 16.8. The monoisotopic (exact) mass is 780 g/mol. The topological polar surface area (TPSA) is 0 Å². The Hall–Kier alpha value is -2.12. The van der Waals surface area contributed by atoms with Crippen LogP contribution in [0.5, 0.6) is 0 Å². The van der Waals surface area contributed by atoms with Crippen LogP contribution in [0.2, 0.25) is 0 Å². The molecule has 4 aromatic carbocycles. The zero-order valence-corrected chi connectivity index (χ0v) is 32.0. The van der Waals surface area contributed by atoms with Gasteiger partial charge in [0.05, 0.1) is 0 Å². The maximum atomic E-state index is 14.1. The Morgan fingerprint density at radius 1 is 0.787 bits per heavy atom. The number of hydrogen-bond acceptors (Lipinski definition) is 0.